The van der Waals surface area contributed by atoms with Crippen molar-refractivity contribution in [1.82, 2.24) is 4.90 Å². The zero-order valence-corrected chi connectivity index (χ0v) is 10.0. The molecule has 3 nitrogen and oxygen atoms in total. The molecule has 0 spiro atoms. The summed E-state index contributed by atoms with van der Waals surface area (Å²) in [5, 5.41) is 8.66. The Morgan fingerprint density at radius 2 is 2.38 bits per heavy atom. The Morgan fingerprint density at radius 3 is 3.06 bits per heavy atom. The van der Waals surface area contributed by atoms with E-state index in [1.165, 1.54) is 25.8 Å². The minimum atomic E-state index is -0.663. The lowest BCUT2D eigenvalue weighted by Crippen LogP contribution is -2.36. The smallest absolute Gasteiger partial charge is 0.303 e. The van der Waals surface area contributed by atoms with Gasteiger partial charge in [0, 0.05) is 13.0 Å². The van der Waals surface area contributed by atoms with Crippen LogP contribution < -0.4 is 0 Å². The summed E-state index contributed by atoms with van der Waals surface area (Å²) in [6.45, 7) is 7.13. The van der Waals surface area contributed by atoms with Gasteiger partial charge in [0.2, 0.25) is 0 Å². The number of carboxylic acid groups (broad SMARTS) is 1. The van der Waals surface area contributed by atoms with E-state index in [1.807, 2.05) is 6.08 Å². The number of piperidine rings is 1. The van der Waals surface area contributed by atoms with Gasteiger partial charge in [-0.25, -0.2) is 0 Å². The zero-order chi connectivity index (χ0) is 11.8. The van der Waals surface area contributed by atoms with Crippen molar-refractivity contribution >= 4 is 5.97 Å². The Morgan fingerprint density at radius 1 is 1.56 bits per heavy atom. The van der Waals surface area contributed by atoms with Gasteiger partial charge < -0.3 is 10.0 Å². The molecule has 92 valence electrons. The summed E-state index contributed by atoms with van der Waals surface area (Å²) >= 11 is 0. The maximum absolute atomic E-state index is 10.5. The molecular weight excluding hydrogens is 202 g/mol. The van der Waals surface area contributed by atoms with Gasteiger partial charge in [0.1, 0.15) is 0 Å². The van der Waals surface area contributed by atoms with Gasteiger partial charge in [-0.3, -0.25) is 4.79 Å². The lowest BCUT2D eigenvalue weighted by Gasteiger charge is -2.32. The number of likely N-dealkylation sites (tertiary alicyclic amines) is 1. The van der Waals surface area contributed by atoms with Gasteiger partial charge in [0.15, 0.2) is 0 Å². The summed E-state index contributed by atoms with van der Waals surface area (Å²) in [5.41, 5.74) is 0. The fourth-order valence-electron chi connectivity index (χ4n) is 2.38. The van der Waals surface area contributed by atoms with E-state index in [1.54, 1.807) is 0 Å². The quantitative estimate of drug-likeness (QED) is 0.534. The third kappa shape index (κ3) is 5.31. The summed E-state index contributed by atoms with van der Waals surface area (Å²) < 4.78 is 0. The minimum Gasteiger partial charge on any atom is -0.481 e. The van der Waals surface area contributed by atoms with Gasteiger partial charge in [0.25, 0.3) is 0 Å². The maximum Gasteiger partial charge on any atom is 0.303 e. The van der Waals surface area contributed by atoms with Crippen LogP contribution in [0.1, 0.15) is 38.5 Å². The molecule has 16 heavy (non-hydrogen) atoms. The molecule has 1 aliphatic rings. The molecule has 0 saturated carbocycles. The van der Waals surface area contributed by atoms with Crippen molar-refractivity contribution in [3.05, 3.63) is 12.7 Å². The summed E-state index contributed by atoms with van der Waals surface area (Å²) in [5.74, 6) is -0.0719. The Kier molecular flexibility index (Phi) is 6.16. The van der Waals surface area contributed by atoms with Crippen LogP contribution in [0.5, 0.6) is 0 Å². The van der Waals surface area contributed by atoms with Crippen molar-refractivity contribution in [2.75, 3.05) is 19.6 Å². The molecule has 0 radical (unpaired) electrons. The third-order valence-electron chi connectivity index (χ3n) is 3.25. The van der Waals surface area contributed by atoms with Gasteiger partial charge in [-0.2, -0.15) is 0 Å². The Labute approximate surface area is 98.1 Å². The Balaban J connectivity index is 2.18. The molecule has 1 aliphatic heterocycles. The van der Waals surface area contributed by atoms with Crippen LogP contribution in [0.15, 0.2) is 12.7 Å². The van der Waals surface area contributed by atoms with Crippen molar-refractivity contribution in [3.8, 4) is 0 Å². The SMILES string of the molecule is C=CCCCN1CCCC(CCC(=O)O)C1. The van der Waals surface area contributed by atoms with Gasteiger partial charge in [-0.05, 0) is 51.1 Å². The highest BCUT2D eigenvalue weighted by Gasteiger charge is 2.19. The predicted molar refractivity (Wildman–Crippen MR) is 65.5 cm³/mol. The molecule has 1 atom stereocenters. The number of carboxylic acids is 1. The van der Waals surface area contributed by atoms with E-state index in [0.29, 0.717) is 12.3 Å². The molecule has 1 fully saturated rings. The number of aliphatic carboxylic acids is 1. The standard InChI is InChI=1S/C13H23NO2/c1-2-3-4-9-14-10-5-6-12(11-14)7-8-13(15)16/h2,12H,1,3-11H2,(H,15,16). The molecular formula is C13H23NO2. The number of hydrogen-bond donors (Lipinski definition) is 1. The normalized spacial score (nSPS) is 21.9. The number of allylic oxidation sites excluding steroid dienone is 1. The van der Waals surface area contributed by atoms with Crippen molar-refractivity contribution in [2.45, 2.75) is 38.5 Å². The molecule has 1 N–H and O–H groups in total. The zero-order valence-electron chi connectivity index (χ0n) is 10.0. The van der Waals surface area contributed by atoms with Crippen LogP contribution in [0, 0.1) is 5.92 Å². The van der Waals surface area contributed by atoms with Crippen LogP contribution in [0.3, 0.4) is 0 Å². The topological polar surface area (TPSA) is 40.5 Å². The fraction of sp³-hybridized carbons (Fsp3) is 0.769. The third-order valence-corrected chi connectivity index (χ3v) is 3.25. The second-order valence-electron chi connectivity index (χ2n) is 4.67. The van der Waals surface area contributed by atoms with E-state index in [0.717, 1.165) is 25.9 Å². The number of hydrogen-bond acceptors (Lipinski definition) is 2. The van der Waals surface area contributed by atoms with E-state index in [2.05, 4.69) is 11.5 Å². The monoisotopic (exact) mass is 225 g/mol. The molecule has 1 saturated heterocycles. The second-order valence-corrected chi connectivity index (χ2v) is 4.67. The van der Waals surface area contributed by atoms with Crippen molar-refractivity contribution < 1.29 is 9.90 Å². The van der Waals surface area contributed by atoms with Crippen LogP contribution >= 0.6 is 0 Å². The van der Waals surface area contributed by atoms with Crippen molar-refractivity contribution in [2.24, 2.45) is 5.92 Å². The molecule has 0 aromatic heterocycles. The van der Waals surface area contributed by atoms with E-state index < -0.39 is 5.97 Å². The number of carbonyl (C=O) groups is 1. The van der Waals surface area contributed by atoms with E-state index >= 15 is 0 Å². The van der Waals surface area contributed by atoms with Crippen LogP contribution in [0.25, 0.3) is 0 Å². The average Bonchev–Trinajstić information content (AvgIpc) is 2.27. The van der Waals surface area contributed by atoms with Gasteiger partial charge in [-0.15, -0.1) is 6.58 Å². The highest BCUT2D eigenvalue weighted by atomic mass is 16.4. The molecule has 1 unspecified atom stereocenters. The fourth-order valence-corrected chi connectivity index (χ4v) is 2.38. The molecule has 1 rings (SSSR count). The lowest BCUT2D eigenvalue weighted by molar-refractivity contribution is -0.137. The molecule has 0 amide bonds. The molecule has 0 aromatic carbocycles. The largest absolute Gasteiger partial charge is 0.481 e. The summed E-state index contributed by atoms with van der Waals surface area (Å²) in [7, 11) is 0. The maximum atomic E-state index is 10.5. The lowest BCUT2D eigenvalue weighted by atomic mass is 9.93. The molecule has 0 aromatic rings. The summed E-state index contributed by atoms with van der Waals surface area (Å²) in [4.78, 5) is 13.0. The van der Waals surface area contributed by atoms with Crippen LogP contribution in [0.4, 0.5) is 0 Å². The van der Waals surface area contributed by atoms with Gasteiger partial charge in [0.05, 0.1) is 0 Å². The average molecular weight is 225 g/mol. The first-order chi connectivity index (χ1) is 7.72. The van der Waals surface area contributed by atoms with Crippen molar-refractivity contribution in [3.63, 3.8) is 0 Å². The molecule has 0 aliphatic carbocycles. The van der Waals surface area contributed by atoms with Gasteiger partial charge >= 0.3 is 5.97 Å². The van der Waals surface area contributed by atoms with E-state index in [-0.39, 0.29) is 0 Å². The van der Waals surface area contributed by atoms with E-state index in [4.69, 9.17) is 5.11 Å². The van der Waals surface area contributed by atoms with Crippen LogP contribution in [-0.2, 0) is 4.79 Å². The number of unbranched alkanes of at least 4 members (excludes halogenated alkanes) is 1. The summed E-state index contributed by atoms with van der Waals surface area (Å²) in [6, 6.07) is 0. The minimum absolute atomic E-state index is 0.325. The Hall–Kier alpha value is -0.830. The van der Waals surface area contributed by atoms with Crippen molar-refractivity contribution in [1.29, 1.82) is 0 Å². The molecule has 1 heterocycles. The highest BCUT2D eigenvalue weighted by molar-refractivity contribution is 5.66. The molecule has 3 heteroatoms. The highest BCUT2D eigenvalue weighted by Crippen LogP contribution is 2.21. The second kappa shape index (κ2) is 7.44. The van der Waals surface area contributed by atoms with E-state index in [9.17, 15) is 4.79 Å². The number of rotatable bonds is 7. The van der Waals surface area contributed by atoms with Gasteiger partial charge in [-0.1, -0.05) is 6.08 Å². The first-order valence-corrected chi connectivity index (χ1v) is 6.27. The molecule has 0 bridgehead atoms. The summed E-state index contributed by atoms with van der Waals surface area (Å²) in [6.07, 6.45) is 7.80. The number of nitrogens with zero attached hydrogens (tertiary/aromatic N) is 1. The Bertz CT molecular complexity index is 228. The first-order valence-electron chi connectivity index (χ1n) is 6.27. The van der Waals surface area contributed by atoms with Crippen LogP contribution in [0.2, 0.25) is 0 Å². The first kappa shape index (κ1) is 13.2. The van der Waals surface area contributed by atoms with Crippen LogP contribution in [-0.4, -0.2) is 35.6 Å². The predicted octanol–water partition coefficient (Wildman–Crippen LogP) is 2.53.